The van der Waals surface area contributed by atoms with E-state index in [1.165, 1.54) is 0 Å². The van der Waals surface area contributed by atoms with E-state index in [-0.39, 0.29) is 0 Å². The van der Waals surface area contributed by atoms with Crippen LogP contribution in [0.15, 0.2) is 27.6 Å². The van der Waals surface area contributed by atoms with E-state index in [9.17, 15) is 0 Å². The standard InChI is InChI=1S/C11H14BrNOS/c1-7-10(4-5-14-7)15-11-3-2-8(12)6-9(11)13/h2-3,6-7,10H,4-5,13H2,1H3. The first-order valence-electron chi connectivity index (χ1n) is 5.00. The van der Waals surface area contributed by atoms with Gasteiger partial charge in [0.25, 0.3) is 0 Å². The second-order valence-corrected chi connectivity index (χ2v) is 5.90. The van der Waals surface area contributed by atoms with E-state index < -0.39 is 0 Å². The fraction of sp³-hybridized carbons (Fsp3) is 0.455. The van der Waals surface area contributed by atoms with Crippen LogP contribution in [0, 0.1) is 0 Å². The van der Waals surface area contributed by atoms with Crippen LogP contribution in [0.1, 0.15) is 13.3 Å². The molecule has 2 N–H and O–H groups in total. The Morgan fingerprint density at radius 3 is 2.93 bits per heavy atom. The predicted molar refractivity (Wildman–Crippen MR) is 68.2 cm³/mol. The van der Waals surface area contributed by atoms with Crippen LogP contribution >= 0.6 is 27.7 Å². The largest absolute Gasteiger partial charge is 0.398 e. The molecular weight excluding hydrogens is 274 g/mol. The van der Waals surface area contributed by atoms with Gasteiger partial charge >= 0.3 is 0 Å². The van der Waals surface area contributed by atoms with Crippen molar-refractivity contribution in [3.63, 3.8) is 0 Å². The van der Waals surface area contributed by atoms with E-state index in [0.717, 1.165) is 28.1 Å². The molecule has 0 radical (unpaired) electrons. The third-order valence-electron chi connectivity index (χ3n) is 2.56. The number of anilines is 1. The van der Waals surface area contributed by atoms with Gasteiger partial charge in [0.05, 0.1) is 6.10 Å². The van der Waals surface area contributed by atoms with Gasteiger partial charge in [0.15, 0.2) is 0 Å². The summed E-state index contributed by atoms with van der Waals surface area (Å²) in [6.45, 7) is 3.00. The van der Waals surface area contributed by atoms with Gasteiger partial charge in [0.2, 0.25) is 0 Å². The molecule has 0 amide bonds. The van der Waals surface area contributed by atoms with E-state index in [4.69, 9.17) is 10.5 Å². The fourth-order valence-electron chi connectivity index (χ4n) is 1.66. The lowest BCUT2D eigenvalue weighted by atomic mass is 10.3. The van der Waals surface area contributed by atoms with Crippen molar-refractivity contribution in [1.29, 1.82) is 0 Å². The van der Waals surface area contributed by atoms with Crippen LogP contribution in [-0.2, 0) is 4.74 Å². The summed E-state index contributed by atoms with van der Waals surface area (Å²) >= 11 is 5.23. The maximum Gasteiger partial charge on any atom is 0.0669 e. The Bertz CT molecular complexity index is 358. The molecule has 4 heteroatoms. The molecule has 2 rings (SSSR count). The van der Waals surface area contributed by atoms with Crippen LogP contribution in [0.5, 0.6) is 0 Å². The highest BCUT2D eigenvalue weighted by atomic mass is 79.9. The second-order valence-electron chi connectivity index (χ2n) is 3.70. The highest BCUT2D eigenvalue weighted by molar-refractivity contribution is 9.10. The minimum atomic E-state index is 0.332. The Kier molecular flexibility index (Phi) is 3.59. The van der Waals surface area contributed by atoms with E-state index >= 15 is 0 Å². The zero-order valence-corrected chi connectivity index (χ0v) is 11.0. The molecule has 1 aliphatic rings. The van der Waals surface area contributed by atoms with E-state index in [2.05, 4.69) is 28.9 Å². The molecule has 0 aromatic heterocycles. The molecule has 82 valence electrons. The van der Waals surface area contributed by atoms with Crippen LogP contribution < -0.4 is 5.73 Å². The lowest BCUT2D eigenvalue weighted by molar-refractivity contribution is 0.127. The molecule has 1 heterocycles. The van der Waals surface area contributed by atoms with Crippen LogP contribution in [-0.4, -0.2) is 18.0 Å². The lowest BCUT2D eigenvalue weighted by Gasteiger charge is -2.14. The van der Waals surface area contributed by atoms with Crippen LogP contribution in [0.4, 0.5) is 5.69 Å². The smallest absolute Gasteiger partial charge is 0.0669 e. The molecule has 2 nitrogen and oxygen atoms in total. The molecule has 1 aromatic carbocycles. The summed E-state index contributed by atoms with van der Waals surface area (Å²) < 4.78 is 6.56. The van der Waals surface area contributed by atoms with Gasteiger partial charge in [0, 0.05) is 26.9 Å². The van der Waals surface area contributed by atoms with Gasteiger partial charge in [-0.2, -0.15) is 0 Å². The topological polar surface area (TPSA) is 35.2 Å². The van der Waals surface area contributed by atoms with Gasteiger partial charge in [0.1, 0.15) is 0 Å². The maximum atomic E-state index is 5.95. The Morgan fingerprint density at radius 2 is 2.33 bits per heavy atom. The average molecular weight is 288 g/mol. The van der Waals surface area contributed by atoms with E-state index in [1.54, 1.807) is 0 Å². The van der Waals surface area contributed by atoms with Crippen molar-refractivity contribution in [3.05, 3.63) is 22.7 Å². The number of halogens is 1. The number of thioether (sulfide) groups is 1. The number of hydrogen-bond acceptors (Lipinski definition) is 3. The summed E-state index contributed by atoms with van der Waals surface area (Å²) in [6.07, 6.45) is 1.44. The summed E-state index contributed by atoms with van der Waals surface area (Å²) in [5.41, 5.74) is 6.79. The first kappa shape index (κ1) is 11.3. The Labute approximate surface area is 103 Å². The van der Waals surface area contributed by atoms with Crippen molar-refractivity contribution in [1.82, 2.24) is 0 Å². The summed E-state index contributed by atoms with van der Waals surface area (Å²) in [5.74, 6) is 0. The monoisotopic (exact) mass is 287 g/mol. The molecule has 0 bridgehead atoms. The van der Waals surface area contributed by atoms with Crippen molar-refractivity contribution in [2.75, 3.05) is 12.3 Å². The van der Waals surface area contributed by atoms with Crippen molar-refractivity contribution >= 4 is 33.4 Å². The maximum absolute atomic E-state index is 5.95. The molecule has 1 aliphatic heterocycles. The van der Waals surface area contributed by atoms with E-state index in [0.29, 0.717) is 11.4 Å². The Morgan fingerprint density at radius 1 is 1.53 bits per heavy atom. The van der Waals surface area contributed by atoms with Crippen molar-refractivity contribution in [2.24, 2.45) is 0 Å². The van der Waals surface area contributed by atoms with Crippen molar-refractivity contribution in [2.45, 2.75) is 29.6 Å². The average Bonchev–Trinajstić information content (AvgIpc) is 2.57. The summed E-state index contributed by atoms with van der Waals surface area (Å²) in [5, 5.41) is 0.536. The summed E-state index contributed by atoms with van der Waals surface area (Å²) in [4.78, 5) is 1.15. The predicted octanol–water partition coefficient (Wildman–Crippen LogP) is 3.30. The SMILES string of the molecule is CC1OCCC1Sc1ccc(Br)cc1N. The molecule has 1 aromatic rings. The molecule has 1 fully saturated rings. The fourth-order valence-corrected chi connectivity index (χ4v) is 3.19. The molecule has 0 aliphatic carbocycles. The van der Waals surface area contributed by atoms with Crippen molar-refractivity contribution in [3.8, 4) is 0 Å². The third kappa shape index (κ3) is 2.68. The number of nitrogen functional groups attached to an aromatic ring is 1. The molecule has 0 saturated carbocycles. The minimum Gasteiger partial charge on any atom is -0.398 e. The molecule has 0 spiro atoms. The van der Waals surface area contributed by atoms with Gasteiger partial charge in [-0.25, -0.2) is 0 Å². The Balaban J connectivity index is 2.10. The third-order valence-corrected chi connectivity index (χ3v) is 4.60. The zero-order valence-electron chi connectivity index (χ0n) is 8.57. The van der Waals surface area contributed by atoms with Gasteiger partial charge in [-0.05, 0) is 31.5 Å². The molecule has 1 saturated heterocycles. The molecule has 2 unspecified atom stereocenters. The number of nitrogens with two attached hydrogens (primary N) is 1. The molecule has 15 heavy (non-hydrogen) atoms. The highest BCUT2D eigenvalue weighted by Gasteiger charge is 2.25. The zero-order chi connectivity index (χ0) is 10.8. The summed E-state index contributed by atoms with van der Waals surface area (Å²) in [7, 11) is 0. The minimum absolute atomic E-state index is 0.332. The first-order valence-corrected chi connectivity index (χ1v) is 6.67. The first-order chi connectivity index (χ1) is 7.16. The summed E-state index contributed by atoms with van der Waals surface area (Å²) in [6, 6.07) is 6.04. The quantitative estimate of drug-likeness (QED) is 0.848. The van der Waals surface area contributed by atoms with Crippen LogP contribution in [0.25, 0.3) is 0 Å². The van der Waals surface area contributed by atoms with E-state index in [1.807, 2.05) is 23.9 Å². The van der Waals surface area contributed by atoms with Crippen LogP contribution in [0.3, 0.4) is 0 Å². The number of hydrogen-bond donors (Lipinski definition) is 1. The number of benzene rings is 1. The normalized spacial score (nSPS) is 25.7. The van der Waals surface area contributed by atoms with Gasteiger partial charge in [-0.15, -0.1) is 11.8 Å². The van der Waals surface area contributed by atoms with Crippen LogP contribution in [0.2, 0.25) is 0 Å². The molecular formula is C11H14BrNOS. The second kappa shape index (κ2) is 4.76. The lowest BCUT2D eigenvalue weighted by Crippen LogP contribution is -2.13. The van der Waals surface area contributed by atoms with Crippen molar-refractivity contribution < 1.29 is 4.74 Å². The molecule has 2 atom stereocenters. The van der Waals surface area contributed by atoms with Gasteiger partial charge in [-0.1, -0.05) is 15.9 Å². The Hall–Kier alpha value is -0.190. The number of ether oxygens (including phenoxy) is 1. The van der Waals surface area contributed by atoms with Gasteiger partial charge in [-0.3, -0.25) is 0 Å². The van der Waals surface area contributed by atoms with Gasteiger partial charge < -0.3 is 10.5 Å². The number of rotatable bonds is 2. The highest BCUT2D eigenvalue weighted by Crippen LogP contribution is 2.36.